The Morgan fingerprint density at radius 3 is 2.36 bits per heavy atom. The topological polar surface area (TPSA) is 74.6 Å². The Morgan fingerprint density at radius 2 is 2.00 bits per heavy atom. The Hall–Kier alpha value is -0.130. The van der Waals surface area contributed by atoms with Crippen molar-refractivity contribution >= 4 is 10.1 Å². The fourth-order valence-corrected chi connectivity index (χ4v) is 1.24. The first-order chi connectivity index (χ1) is 4.95. The third-order valence-corrected chi connectivity index (χ3v) is 2.22. The molecule has 68 valence electrons. The molecule has 2 N–H and O–H groups in total. The van der Waals surface area contributed by atoms with Gasteiger partial charge in [0.05, 0.1) is 5.75 Å². The number of hydrogen-bond acceptors (Lipinski definition) is 3. The summed E-state index contributed by atoms with van der Waals surface area (Å²) in [5, 5.41) is 8.55. The molecule has 1 unspecified atom stereocenters. The van der Waals surface area contributed by atoms with Crippen molar-refractivity contribution in [3.8, 4) is 0 Å². The second-order valence-electron chi connectivity index (χ2n) is 2.72. The molecule has 0 aliphatic carbocycles. The van der Waals surface area contributed by atoms with Crippen LogP contribution in [-0.4, -0.2) is 30.4 Å². The molecule has 5 heteroatoms. The van der Waals surface area contributed by atoms with E-state index in [9.17, 15) is 8.42 Å². The molecule has 0 aromatic rings. The molecule has 0 radical (unpaired) electrons. The summed E-state index contributed by atoms with van der Waals surface area (Å²) in [6.45, 7) is 1.88. The van der Waals surface area contributed by atoms with Crippen molar-refractivity contribution in [1.29, 1.82) is 0 Å². The molecule has 11 heavy (non-hydrogen) atoms. The molecule has 0 aliphatic heterocycles. The Bertz CT molecular complexity index is 185. The minimum absolute atomic E-state index is 0.0610. The maximum atomic E-state index is 10.2. The molecule has 1 atom stereocenters. The van der Waals surface area contributed by atoms with Gasteiger partial charge < -0.3 is 5.11 Å². The van der Waals surface area contributed by atoms with E-state index in [2.05, 4.69) is 0 Å². The Morgan fingerprint density at radius 1 is 1.45 bits per heavy atom. The normalized spacial score (nSPS) is 14.8. The van der Waals surface area contributed by atoms with Crippen molar-refractivity contribution < 1.29 is 18.1 Å². The van der Waals surface area contributed by atoms with E-state index in [1.807, 2.05) is 6.92 Å². The summed E-state index contributed by atoms with van der Waals surface area (Å²) in [6, 6.07) is 0. The summed E-state index contributed by atoms with van der Waals surface area (Å²) in [7, 11) is -3.81. The maximum absolute atomic E-state index is 10.2. The lowest BCUT2D eigenvalue weighted by molar-refractivity contribution is 0.229. The predicted octanol–water partition coefficient (Wildman–Crippen LogP) is 0.283. The fraction of sp³-hybridized carbons (Fsp3) is 1.00. The van der Waals surface area contributed by atoms with Gasteiger partial charge in [-0.3, -0.25) is 4.55 Å². The maximum Gasteiger partial charge on any atom is 0.264 e. The van der Waals surface area contributed by atoms with Gasteiger partial charge in [-0.2, -0.15) is 8.42 Å². The van der Waals surface area contributed by atoms with Gasteiger partial charge in [0.15, 0.2) is 0 Å². The SMILES string of the molecule is CC(CO)CCCS(=O)(=O)O. The van der Waals surface area contributed by atoms with Gasteiger partial charge in [0, 0.05) is 6.61 Å². The zero-order chi connectivity index (χ0) is 8.91. The van der Waals surface area contributed by atoms with E-state index in [0.717, 1.165) is 0 Å². The quantitative estimate of drug-likeness (QED) is 0.599. The first-order valence-electron chi connectivity index (χ1n) is 3.51. The van der Waals surface area contributed by atoms with Crippen LogP contribution in [0.2, 0.25) is 0 Å². The molecule has 0 amide bonds. The number of aliphatic hydroxyl groups excluding tert-OH is 1. The zero-order valence-electron chi connectivity index (χ0n) is 6.52. The molecular weight excluding hydrogens is 168 g/mol. The minimum atomic E-state index is -3.81. The van der Waals surface area contributed by atoms with Gasteiger partial charge in [0.1, 0.15) is 0 Å². The van der Waals surface area contributed by atoms with Crippen LogP contribution in [0.15, 0.2) is 0 Å². The summed E-state index contributed by atoms with van der Waals surface area (Å²) in [5.74, 6) is -0.103. The van der Waals surface area contributed by atoms with Gasteiger partial charge in [-0.25, -0.2) is 0 Å². The van der Waals surface area contributed by atoms with Gasteiger partial charge >= 0.3 is 0 Å². The van der Waals surface area contributed by atoms with Crippen LogP contribution in [0.4, 0.5) is 0 Å². The van der Waals surface area contributed by atoms with Crippen molar-refractivity contribution in [2.24, 2.45) is 5.92 Å². The van der Waals surface area contributed by atoms with Crippen molar-refractivity contribution in [1.82, 2.24) is 0 Å². The number of aliphatic hydroxyl groups is 1. The second-order valence-corrected chi connectivity index (χ2v) is 4.29. The average Bonchev–Trinajstić information content (AvgIpc) is 1.85. The highest BCUT2D eigenvalue weighted by molar-refractivity contribution is 7.85. The Balaban J connectivity index is 3.43. The van der Waals surface area contributed by atoms with E-state index in [4.69, 9.17) is 9.66 Å². The van der Waals surface area contributed by atoms with Gasteiger partial charge in [-0.15, -0.1) is 0 Å². The molecular formula is C6H14O4S. The first kappa shape index (κ1) is 10.9. The van der Waals surface area contributed by atoms with Crippen molar-refractivity contribution in [3.05, 3.63) is 0 Å². The molecule has 0 spiro atoms. The predicted molar refractivity (Wildman–Crippen MR) is 41.9 cm³/mol. The van der Waals surface area contributed by atoms with Crippen LogP contribution in [0.3, 0.4) is 0 Å². The lowest BCUT2D eigenvalue weighted by atomic mass is 10.1. The lowest BCUT2D eigenvalue weighted by Gasteiger charge is -2.04. The van der Waals surface area contributed by atoms with Crippen molar-refractivity contribution in [3.63, 3.8) is 0 Å². The average molecular weight is 182 g/mol. The van der Waals surface area contributed by atoms with Gasteiger partial charge in [0.2, 0.25) is 0 Å². The van der Waals surface area contributed by atoms with E-state index in [-0.39, 0.29) is 18.3 Å². The molecule has 4 nitrogen and oxygen atoms in total. The van der Waals surface area contributed by atoms with E-state index < -0.39 is 10.1 Å². The molecule has 0 aliphatic rings. The molecule has 0 aromatic carbocycles. The van der Waals surface area contributed by atoms with Crippen LogP contribution >= 0.6 is 0 Å². The van der Waals surface area contributed by atoms with E-state index >= 15 is 0 Å². The van der Waals surface area contributed by atoms with Crippen LogP contribution < -0.4 is 0 Å². The summed E-state index contributed by atoms with van der Waals surface area (Å²) in [4.78, 5) is 0. The zero-order valence-corrected chi connectivity index (χ0v) is 7.34. The molecule has 0 bridgehead atoms. The van der Waals surface area contributed by atoms with E-state index in [1.165, 1.54) is 0 Å². The molecule has 0 heterocycles. The summed E-state index contributed by atoms with van der Waals surface area (Å²) in [6.07, 6.45) is 1.02. The monoisotopic (exact) mass is 182 g/mol. The van der Waals surface area contributed by atoms with Crippen LogP contribution in [0.1, 0.15) is 19.8 Å². The lowest BCUT2D eigenvalue weighted by Crippen LogP contribution is -2.07. The number of rotatable bonds is 5. The standard InChI is InChI=1S/C6H14O4S/c1-6(5-7)3-2-4-11(8,9)10/h6-7H,2-5H2,1H3,(H,8,9,10). The fourth-order valence-electron chi connectivity index (χ4n) is 0.705. The molecule has 0 rings (SSSR count). The third kappa shape index (κ3) is 7.77. The van der Waals surface area contributed by atoms with Crippen LogP contribution in [-0.2, 0) is 10.1 Å². The smallest absolute Gasteiger partial charge is 0.264 e. The van der Waals surface area contributed by atoms with Gasteiger partial charge in [0.25, 0.3) is 10.1 Å². The molecule has 0 fully saturated rings. The second kappa shape index (κ2) is 4.69. The highest BCUT2D eigenvalue weighted by Gasteiger charge is 2.05. The minimum Gasteiger partial charge on any atom is -0.396 e. The number of hydrogen-bond donors (Lipinski definition) is 2. The molecule has 0 saturated carbocycles. The third-order valence-electron chi connectivity index (χ3n) is 1.41. The van der Waals surface area contributed by atoms with Crippen molar-refractivity contribution in [2.45, 2.75) is 19.8 Å². The largest absolute Gasteiger partial charge is 0.396 e. The van der Waals surface area contributed by atoms with Crippen LogP contribution in [0, 0.1) is 5.92 Å². The first-order valence-corrected chi connectivity index (χ1v) is 5.12. The van der Waals surface area contributed by atoms with Gasteiger partial charge in [-0.05, 0) is 18.8 Å². The van der Waals surface area contributed by atoms with E-state index in [1.54, 1.807) is 0 Å². The highest BCUT2D eigenvalue weighted by atomic mass is 32.2. The summed E-state index contributed by atoms with van der Waals surface area (Å²) >= 11 is 0. The molecule has 0 aromatic heterocycles. The van der Waals surface area contributed by atoms with E-state index in [0.29, 0.717) is 12.8 Å². The Labute approximate surface area is 67.0 Å². The highest BCUT2D eigenvalue weighted by Crippen LogP contribution is 2.04. The molecule has 0 saturated heterocycles. The van der Waals surface area contributed by atoms with Crippen LogP contribution in [0.25, 0.3) is 0 Å². The van der Waals surface area contributed by atoms with Crippen LogP contribution in [0.5, 0.6) is 0 Å². The Kier molecular flexibility index (Phi) is 4.63. The summed E-state index contributed by atoms with van der Waals surface area (Å²) < 4.78 is 28.7. The van der Waals surface area contributed by atoms with Gasteiger partial charge in [-0.1, -0.05) is 6.92 Å². The van der Waals surface area contributed by atoms with Crippen molar-refractivity contribution in [2.75, 3.05) is 12.4 Å². The summed E-state index contributed by atoms with van der Waals surface area (Å²) in [5.41, 5.74) is 0.